The van der Waals surface area contributed by atoms with Gasteiger partial charge < -0.3 is 5.32 Å². The van der Waals surface area contributed by atoms with Crippen molar-refractivity contribution in [3.8, 4) is 0 Å². The summed E-state index contributed by atoms with van der Waals surface area (Å²) < 4.78 is 25.0. The normalized spacial score (nSPS) is 11.1. The lowest BCUT2D eigenvalue weighted by Gasteiger charge is -2.08. The number of nitrogens with one attached hydrogen (secondary N) is 1. The molecule has 0 saturated heterocycles. The molecule has 136 valence electrons. The lowest BCUT2D eigenvalue weighted by molar-refractivity contribution is 0.102. The van der Waals surface area contributed by atoms with Crippen molar-refractivity contribution in [1.82, 2.24) is 0 Å². The highest BCUT2D eigenvalue weighted by atomic mass is 32.2. The van der Waals surface area contributed by atoms with Crippen LogP contribution in [0.5, 0.6) is 0 Å². The summed E-state index contributed by atoms with van der Waals surface area (Å²) in [5, 5.41) is 2.77. The van der Waals surface area contributed by atoms with Gasteiger partial charge >= 0.3 is 0 Å². The molecule has 0 aromatic heterocycles. The minimum atomic E-state index is -3.41. The van der Waals surface area contributed by atoms with Crippen LogP contribution in [0.1, 0.15) is 22.9 Å². The third-order valence-corrected chi connectivity index (χ3v) is 5.80. The first-order chi connectivity index (χ1) is 12.8. The number of carbonyl (C=O) groups excluding carboxylic acids is 1. The van der Waals surface area contributed by atoms with Gasteiger partial charge in [0.2, 0.25) is 0 Å². The van der Waals surface area contributed by atoms with Crippen LogP contribution in [-0.4, -0.2) is 22.2 Å². The first-order valence-electron chi connectivity index (χ1n) is 8.39. The summed E-state index contributed by atoms with van der Waals surface area (Å²) in [6.45, 7) is 1.91. The second kappa shape index (κ2) is 7.80. The standard InChI is InChI=1S/C21H18BNO3S.H2/c1-15-5-11-20(12-6-15)27(25,26)14-16-7-9-19(10-8-16)23-21(24)17-3-2-4-18(22)13-17;/h2-13H,14H2,1H3,(H,23,24);1H. The Hall–Kier alpha value is -2.86. The van der Waals surface area contributed by atoms with E-state index in [-0.39, 0.29) is 13.1 Å². The number of carbonyl (C=O) groups is 1. The van der Waals surface area contributed by atoms with Gasteiger partial charge in [-0.05, 0) is 42.8 Å². The molecule has 0 aliphatic rings. The number of hydrogen-bond acceptors (Lipinski definition) is 3. The van der Waals surface area contributed by atoms with Crippen LogP contribution >= 0.6 is 0 Å². The Morgan fingerprint density at radius 1 is 1.00 bits per heavy atom. The molecule has 0 heterocycles. The van der Waals surface area contributed by atoms with Gasteiger partial charge in [-0.25, -0.2) is 8.42 Å². The van der Waals surface area contributed by atoms with Gasteiger partial charge in [0.25, 0.3) is 5.91 Å². The van der Waals surface area contributed by atoms with Crippen LogP contribution in [0.15, 0.2) is 77.7 Å². The Morgan fingerprint density at radius 2 is 1.67 bits per heavy atom. The Morgan fingerprint density at radius 3 is 2.30 bits per heavy atom. The van der Waals surface area contributed by atoms with Crippen LogP contribution in [0, 0.1) is 6.92 Å². The molecule has 1 N–H and O–H groups in total. The molecule has 3 aromatic carbocycles. The van der Waals surface area contributed by atoms with E-state index in [1.807, 2.05) is 6.92 Å². The molecule has 4 nitrogen and oxygen atoms in total. The van der Waals surface area contributed by atoms with Gasteiger partial charge in [-0.2, -0.15) is 0 Å². The van der Waals surface area contributed by atoms with Crippen molar-refractivity contribution in [2.45, 2.75) is 17.6 Å². The number of sulfone groups is 1. The molecule has 1 amide bonds. The van der Waals surface area contributed by atoms with Crippen LogP contribution in [0.25, 0.3) is 0 Å². The fourth-order valence-electron chi connectivity index (χ4n) is 2.62. The molecule has 6 heteroatoms. The number of rotatable bonds is 5. The van der Waals surface area contributed by atoms with E-state index >= 15 is 0 Å². The van der Waals surface area contributed by atoms with Crippen molar-refractivity contribution in [2.24, 2.45) is 0 Å². The van der Waals surface area contributed by atoms with Gasteiger partial charge in [-0.3, -0.25) is 4.79 Å². The molecule has 0 saturated carbocycles. The lowest BCUT2D eigenvalue weighted by atomic mass is 9.94. The molecule has 0 fully saturated rings. The minimum Gasteiger partial charge on any atom is -0.322 e. The summed E-state index contributed by atoms with van der Waals surface area (Å²) in [4.78, 5) is 12.5. The topological polar surface area (TPSA) is 63.2 Å². The molecule has 0 aliphatic heterocycles. The second-order valence-electron chi connectivity index (χ2n) is 6.35. The van der Waals surface area contributed by atoms with Gasteiger partial charge in [0.05, 0.1) is 10.6 Å². The molecule has 3 aromatic rings. The molecule has 0 atom stereocenters. The van der Waals surface area contributed by atoms with Crippen molar-refractivity contribution in [3.63, 3.8) is 0 Å². The molecule has 27 heavy (non-hydrogen) atoms. The van der Waals surface area contributed by atoms with Crippen LogP contribution in [0.2, 0.25) is 0 Å². The van der Waals surface area contributed by atoms with Gasteiger partial charge in [0.15, 0.2) is 9.84 Å². The van der Waals surface area contributed by atoms with Crippen molar-refractivity contribution in [2.75, 3.05) is 5.32 Å². The predicted molar refractivity (Wildman–Crippen MR) is 110 cm³/mol. The average molecular weight is 377 g/mol. The highest BCUT2D eigenvalue weighted by Crippen LogP contribution is 2.19. The van der Waals surface area contributed by atoms with E-state index in [4.69, 9.17) is 7.85 Å². The van der Waals surface area contributed by atoms with Crippen LogP contribution in [-0.2, 0) is 15.6 Å². The fourth-order valence-corrected chi connectivity index (χ4v) is 3.96. The number of amides is 1. The van der Waals surface area contributed by atoms with E-state index in [0.717, 1.165) is 5.56 Å². The maximum absolute atomic E-state index is 12.5. The summed E-state index contributed by atoms with van der Waals surface area (Å²) in [5.41, 5.74) is 3.21. The number of anilines is 1. The van der Waals surface area contributed by atoms with E-state index in [9.17, 15) is 13.2 Å². The summed E-state index contributed by atoms with van der Waals surface area (Å²) in [7, 11) is 2.27. The first-order valence-corrected chi connectivity index (χ1v) is 10.0. The Balaban J connectivity index is 0.00000280. The van der Waals surface area contributed by atoms with Crippen molar-refractivity contribution < 1.29 is 14.6 Å². The third-order valence-electron chi connectivity index (χ3n) is 4.10. The Labute approximate surface area is 162 Å². The molecule has 2 radical (unpaired) electrons. The average Bonchev–Trinajstić information content (AvgIpc) is 2.63. The summed E-state index contributed by atoms with van der Waals surface area (Å²) in [5.74, 6) is -0.373. The molecule has 0 aliphatic carbocycles. The lowest BCUT2D eigenvalue weighted by Crippen LogP contribution is -2.14. The largest absolute Gasteiger partial charge is 0.322 e. The summed E-state index contributed by atoms with van der Waals surface area (Å²) >= 11 is 0. The number of aryl methyl sites for hydroxylation is 1. The SMILES string of the molecule is [B]c1cccc(C(=O)Nc2ccc(CS(=O)(=O)c3ccc(C)cc3)cc2)c1.[HH]. The maximum Gasteiger partial charge on any atom is 0.255 e. The van der Waals surface area contributed by atoms with Crippen molar-refractivity contribution in [1.29, 1.82) is 0 Å². The zero-order chi connectivity index (χ0) is 19.4. The van der Waals surface area contributed by atoms with Gasteiger partial charge in [0.1, 0.15) is 7.85 Å². The molecule has 0 unspecified atom stereocenters. The van der Waals surface area contributed by atoms with E-state index in [0.29, 0.717) is 27.2 Å². The molecule has 0 bridgehead atoms. The zero-order valence-corrected chi connectivity index (χ0v) is 15.7. The highest BCUT2D eigenvalue weighted by Gasteiger charge is 2.15. The number of benzene rings is 3. The summed E-state index contributed by atoms with van der Waals surface area (Å²) in [6, 6.07) is 20.2. The monoisotopic (exact) mass is 377 g/mol. The summed E-state index contributed by atoms with van der Waals surface area (Å²) in [6.07, 6.45) is 0. The Kier molecular flexibility index (Phi) is 5.47. The van der Waals surface area contributed by atoms with Gasteiger partial charge in [-0.1, -0.05) is 53.5 Å². The van der Waals surface area contributed by atoms with Crippen molar-refractivity contribution >= 4 is 34.7 Å². The van der Waals surface area contributed by atoms with Crippen LogP contribution < -0.4 is 10.8 Å². The first kappa shape index (κ1) is 18.9. The molecule has 3 rings (SSSR count). The minimum absolute atomic E-state index is 0. The van der Waals surface area contributed by atoms with Crippen molar-refractivity contribution in [3.05, 3.63) is 89.5 Å². The highest BCUT2D eigenvalue weighted by molar-refractivity contribution is 7.90. The van der Waals surface area contributed by atoms with E-state index < -0.39 is 9.84 Å². The zero-order valence-electron chi connectivity index (χ0n) is 14.8. The molecule has 0 spiro atoms. The third kappa shape index (κ3) is 4.86. The van der Waals surface area contributed by atoms with Crippen LogP contribution in [0.4, 0.5) is 5.69 Å². The maximum atomic E-state index is 12.5. The smallest absolute Gasteiger partial charge is 0.255 e. The quantitative estimate of drug-likeness (QED) is 0.695. The van der Waals surface area contributed by atoms with Gasteiger partial charge in [0, 0.05) is 12.7 Å². The fraction of sp³-hybridized carbons (Fsp3) is 0.0952. The number of hydrogen-bond donors (Lipinski definition) is 1. The van der Waals surface area contributed by atoms with Gasteiger partial charge in [-0.15, -0.1) is 0 Å². The van der Waals surface area contributed by atoms with E-state index in [2.05, 4.69) is 5.32 Å². The molecular formula is C21H20BNO3S. The predicted octanol–water partition coefficient (Wildman–Crippen LogP) is 3.26. The molecular weight excluding hydrogens is 357 g/mol. The van der Waals surface area contributed by atoms with Crippen LogP contribution in [0.3, 0.4) is 0 Å². The Bertz CT molecular complexity index is 1070. The van der Waals surface area contributed by atoms with E-state index in [1.54, 1.807) is 72.8 Å². The van der Waals surface area contributed by atoms with E-state index in [1.165, 1.54) is 0 Å². The second-order valence-corrected chi connectivity index (χ2v) is 8.34.